The highest BCUT2D eigenvalue weighted by atomic mass is 35.5. The van der Waals surface area contributed by atoms with Crippen molar-refractivity contribution in [1.82, 2.24) is 4.90 Å². The summed E-state index contributed by atoms with van der Waals surface area (Å²) in [5.41, 5.74) is 0.985. The zero-order chi connectivity index (χ0) is 20.3. The Balaban J connectivity index is 2.10. The Morgan fingerprint density at radius 3 is 2.32 bits per heavy atom. The van der Waals surface area contributed by atoms with E-state index in [-0.39, 0.29) is 24.5 Å². The van der Waals surface area contributed by atoms with E-state index < -0.39 is 17.7 Å². The molecule has 7 heteroatoms. The van der Waals surface area contributed by atoms with E-state index in [4.69, 9.17) is 16.3 Å². The van der Waals surface area contributed by atoms with Crippen molar-refractivity contribution in [2.24, 2.45) is 0 Å². The molecule has 0 unspecified atom stereocenters. The van der Waals surface area contributed by atoms with Crippen LogP contribution in [0.5, 0.6) is 5.75 Å². The Labute approximate surface area is 167 Å². The fourth-order valence-electron chi connectivity index (χ4n) is 3.24. The van der Waals surface area contributed by atoms with E-state index in [2.05, 4.69) is 0 Å². The van der Waals surface area contributed by atoms with E-state index in [1.54, 1.807) is 48.5 Å². The molecule has 0 aliphatic carbocycles. The number of aliphatic hydroxyl groups excluding tert-OH is 2. The molecule has 0 spiro atoms. The number of rotatable bonds is 6. The number of carbonyl (C=O) groups is 2. The Kier molecular flexibility index (Phi) is 6.02. The second-order valence-electron chi connectivity index (χ2n) is 6.23. The molecule has 6 nitrogen and oxygen atoms in total. The number of hydrogen-bond donors (Lipinski definition) is 2. The molecule has 2 N–H and O–H groups in total. The van der Waals surface area contributed by atoms with Gasteiger partial charge >= 0.3 is 0 Å². The molecule has 0 saturated carbocycles. The number of carbonyl (C=O) groups excluding carboxylic acids is 2. The lowest BCUT2D eigenvalue weighted by Crippen LogP contribution is -2.32. The fourth-order valence-corrected chi connectivity index (χ4v) is 3.37. The number of β-amino-alcohol motifs (C(OH)–C–C–N with tert-alkyl or cyclic N) is 1. The van der Waals surface area contributed by atoms with E-state index in [0.717, 1.165) is 0 Å². The van der Waals surface area contributed by atoms with Crippen LogP contribution in [0.4, 0.5) is 0 Å². The third-order valence-electron chi connectivity index (χ3n) is 4.51. The molecular weight excluding hydrogens is 382 g/mol. The number of likely N-dealkylation sites (tertiary alicyclic amines) is 1. The molecule has 1 aliphatic heterocycles. The number of halogens is 1. The summed E-state index contributed by atoms with van der Waals surface area (Å²) in [5.74, 6) is -1.20. The highest BCUT2D eigenvalue weighted by Crippen LogP contribution is 2.39. The third-order valence-corrected chi connectivity index (χ3v) is 4.76. The van der Waals surface area contributed by atoms with Gasteiger partial charge in [0.05, 0.1) is 24.8 Å². The number of amides is 1. The summed E-state index contributed by atoms with van der Waals surface area (Å²) in [6.45, 7) is 2.04. The Hall–Kier alpha value is -2.83. The maximum Gasteiger partial charge on any atom is 0.295 e. The van der Waals surface area contributed by atoms with Crippen molar-refractivity contribution >= 4 is 29.1 Å². The molecule has 146 valence electrons. The minimum Gasteiger partial charge on any atom is -0.507 e. The van der Waals surface area contributed by atoms with Gasteiger partial charge in [0.1, 0.15) is 11.5 Å². The minimum atomic E-state index is -0.809. The van der Waals surface area contributed by atoms with E-state index in [0.29, 0.717) is 28.5 Å². The van der Waals surface area contributed by atoms with Crippen LogP contribution in [-0.2, 0) is 9.59 Å². The molecule has 0 bridgehead atoms. The van der Waals surface area contributed by atoms with E-state index in [1.165, 1.54) is 4.90 Å². The van der Waals surface area contributed by atoms with Crippen molar-refractivity contribution < 1.29 is 24.5 Å². The molecule has 2 aromatic rings. The number of benzene rings is 2. The van der Waals surface area contributed by atoms with Crippen molar-refractivity contribution in [2.75, 3.05) is 19.8 Å². The molecule has 1 atom stereocenters. The monoisotopic (exact) mass is 401 g/mol. The molecule has 0 radical (unpaired) electrons. The van der Waals surface area contributed by atoms with Gasteiger partial charge in [0.15, 0.2) is 0 Å². The summed E-state index contributed by atoms with van der Waals surface area (Å²) in [6.07, 6.45) is 0. The van der Waals surface area contributed by atoms with Crippen LogP contribution in [0.15, 0.2) is 54.1 Å². The van der Waals surface area contributed by atoms with Crippen molar-refractivity contribution in [1.29, 1.82) is 0 Å². The molecule has 1 fully saturated rings. The molecule has 28 heavy (non-hydrogen) atoms. The van der Waals surface area contributed by atoms with Crippen LogP contribution in [0.3, 0.4) is 0 Å². The van der Waals surface area contributed by atoms with E-state index in [9.17, 15) is 19.8 Å². The molecule has 0 aromatic heterocycles. The van der Waals surface area contributed by atoms with Crippen LogP contribution in [0.2, 0.25) is 5.02 Å². The summed E-state index contributed by atoms with van der Waals surface area (Å²) < 4.78 is 5.39. The molecule has 1 saturated heterocycles. The average Bonchev–Trinajstić information content (AvgIpc) is 2.94. The first-order chi connectivity index (χ1) is 13.5. The number of nitrogens with zero attached hydrogens (tertiary/aromatic N) is 1. The van der Waals surface area contributed by atoms with Crippen LogP contribution < -0.4 is 4.74 Å². The van der Waals surface area contributed by atoms with Crippen molar-refractivity contribution in [3.05, 3.63) is 70.3 Å². The number of aliphatic hydroxyl groups is 2. The van der Waals surface area contributed by atoms with Crippen molar-refractivity contribution in [3.63, 3.8) is 0 Å². The van der Waals surface area contributed by atoms with Gasteiger partial charge in [0, 0.05) is 17.1 Å². The van der Waals surface area contributed by atoms with Crippen LogP contribution in [0.25, 0.3) is 5.76 Å². The predicted molar refractivity (Wildman–Crippen MR) is 105 cm³/mol. The van der Waals surface area contributed by atoms with Crippen LogP contribution >= 0.6 is 11.6 Å². The van der Waals surface area contributed by atoms with Crippen LogP contribution in [0.1, 0.15) is 24.1 Å². The van der Waals surface area contributed by atoms with Crippen LogP contribution in [-0.4, -0.2) is 46.6 Å². The van der Waals surface area contributed by atoms with Crippen molar-refractivity contribution in [2.45, 2.75) is 13.0 Å². The normalized spacial score (nSPS) is 18.5. The molecule has 2 aromatic carbocycles. The van der Waals surface area contributed by atoms with Gasteiger partial charge in [-0.3, -0.25) is 9.59 Å². The van der Waals surface area contributed by atoms with Gasteiger partial charge in [0.2, 0.25) is 0 Å². The standard InChI is InChI=1S/C21H20ClNO5/c1-2-28-16-9-5-14(6-10-16)19(25)17-18(13-3-7-15(22)8-4-13)23(11-12-24)21(27)20(17)26/h3-10,18,24-25H,2,11-12H2,1H3/t18-/m1/s1. The Morgan fingerprint density at radius 1 is 1.11 bits per heavy atom. The maximum absolute atomic E-state index is 12.7. The van der Waals surface area contributed by atoms with E-state index in [1.807, 2.05) is 6.92 Å². The topological polar surface area (TPSA) is 87.1 Å². The molecule has 1 aliphatic rings. The molecule has 3 rings (SSSR count). The highest BCUT2D eigenvalue weighted by molar-refractivity contribution is 6.46. The van der Waals surface area contributed by atoms with Gasteiger partial charge < -0.3 is 19.8 Å². The zero-order valence-corrected chi connectivity index (χ0v) is 16.0. The SMILES string of the molecule is CCOc1ccc(C(O)=C2C(=O)C(=O)N(CCO)[C@@H]2c2ccc(Cl)cc2)cc1. The third kappa shape index (κ3) is 3.74. The number of Topliss-reactive ketones (excluding diaryl/α,β-unsaturated/α-hetero) is 1. The molecular formula is C21H20ClNO5. The first-order valence-corrected chi connectivity index (χ1v) is 9.23. The number of ether oxygens (including phenoxy) is 1. The molecule has 1 amide bonds. The van der Waals surface area contributed by atoms with Gasteiger partial charge in [-0.1, -0.05) is 23.7 Å². The summed E-state index contributed by atoms with van der Waals surface area (Å²) in [4.78, 5) is 26.4. The lowest BCUT2D eigenvalue weighted by Gasteiger charge is -2.24. The van der Waals surface area contributed by atoms with Crippen molar-refractivity contribution in [3.8, 4) is 5.75 Å². The van der Waals surface area contributed by atoms with Gasteiger partial charge in [-0.15, -0.1) is 0 Å². The average molecular weight is 402 g/mol. The van der Waals surface area contributed by atoms with Gasteiger partial charge in [-0.25, -0.2) is 0 Å². The van der Waals surface area contributed by atoms with Gasteiger partial charge in [0.25, 0.3) is 11.7 Å². The zero-order valence-electron chi connectivity index (χ0n) is 15.3. The Bertz CT molecular complexity index is 905. The number of ketones is 1. The first-order valence-electron chi connectivity index (χ1n) is 8.86. The Morgan fingerprint density at radius 2 is 1.75 bits per heavy atom. The fraction of sp³-hybridized carbons (Fsp3) is 0.238. The maximum atomic E-state index is 12.7. The summed E-state index contributed by atoms with van der Waals surface area (Å²) >= 11 is 5.95. The minimum absolute atomic E-state index is 0.0232. The van der Waals surface area contributed by atoms with Crippen LogP contribution in [0, 0.1) is 0 Å². The predicted octanol–water partition coefficient (Wildman–Crippen LogP) is 3.15. The second-order valence-corrected chi connectivity index (χ2v) is 6.66. The second kappa shape index (κ2) is 8.46. The summed E-state index contributed by atoms with van der Waals surface area (Å²) in [5, 5.41) is 20.7. The lowest BCUT2D eigenvalue weighted by molar-refractivity contribution is -0.140. The smallest absolute Gasteiger partial charge is 0.295 e. The largest absolute Gasteiger partial charge is 0.507 e. The van der Waals surface area contributed by atoms with Gasteiger partial charge in [-0.05, 0) is 48.9 Å². The summed E-state index contributed by atoms with van der Waals surface area (Å²) in [7, 11) is 0. The summed E-state index contributed by atoms with van der Waals surface area (Å²) in [6, 6.07) is 12.5. The van der Waals surface area contributed by atoms with Gasteiger partial charge in [-0.2, -0.15) is 0 Å². The highest BCUT2D eigenvalue weighted by Gasteiger charge is 2.45. The quantitative estimate of drug-likeness (QED) is 0.441. The first kappa shape index (κ1) is 19.9. The number of hydrogen-bond acceptors (Lipinski definition) is 5. The van der Waals surface area contributed by atoms with E-state index >= 15 is 0 Å². The lowest BCUT2D eigenvalue weighted by atomic mass is 9.95. The molecule has 1 heterocycles.